The third-order valence-electron chi connectivity index (χ3n) is 3.97. The first-order chi connectivity index (χ1) is 10.1. The predicted molar refractivity (Wildman–Crippen MR) is 80.2 cm³/mol. The summed E-state index contributed by atoms with van der Waals surface area (Å²) in [6, 6.07) is 2.23. The van der Waals surface area contributed by atoms with Gasteiger partial charge in [-0.1, -0.05) is 6.92 Å². The summed E-state index contributed by atoms with van der Waals surface area (Å²) in [5, 5.41) is 6.04. The minimum atomic E-state index is -0.260. The average Bonchev–Trinajstić information content (AvgIpc) is 3.07. The highest BCUT2D eigenvalue weighted by Gasteiger charge is 2.30. The van der Waals surface area contributed by atoms with E-state index in [-0.39, 0.29) is 24.2 Å². The van der Waals surface area contributed by atoms with Crippen LogP contribution in [0.3, 0.4) is 0 Å². The molecule has 3 rings (SSSR count). The zero-order valence-electron chi connectivity index (χ0n) is 12.2. The van der Waals surface area contributed by atoms with E-state index < -0.39 is 0 Å². The van der Waals surface area contributed by atoms with E-state index in [0.29, 0.717) is 6.54 Å². The highest BCUT2D eigenvalue weighted by atomic mass is 32.1. The maximum atomic E-state index is 12.6. The van der Waals surface area contributed by atoms with Gasteiger partial charge in [0.05, 0.1) is 6.04 Å². The molecule has 1 amide bonds. The summed E-state index contributed by atoms with van der Waals surface area (Å²) >= 11 is 1.76. The second-order valence-electron chi connectivity index (χ2n) is 5.24. The molecular weight excluding hydrogens is 288 g/mol. The highest BCUT2D eigenvalue weighted by Crippen LogP contribution is 2.35. The zero-order valence-corrected chi connectivity index (χ0v) is 13.0. The minimum Gasteiger partial charge on any atom is -0.334 e. The maximum Gasteiger partial charge on any atom is 0.345 e. The molecule has 0 bridgehead atoms. The van der Waals surface area contributed by atoms with Crippen LogP contribution in [0.2, 0.25) is 0 Å². The Morgan fingerprint density at radius 2 is 2.33 bits per heavy atom. The molecule has 0 aliphatic carbocycles. The molecule has 2 aromatic rings. The Bertz CT molecular complexity index is 715. The first-order valence-electron chi connectivity index (χ1n) is 7.06. The van der Waals surface area contributed by atoms with Gasteiger partial charge in [0.1, 0.15) is 12.9 Å². The molecule has 0 saturated carbocycles. The van der Waals surface area contributed by atoms with E-state index in [2.05, 4.69) is 23.5 Å². The van der Waals surface area contributed by atoms with Crippen molar-refractivity contribution in [2.45, 2.75) is 32.4 Å². The van der Waals surface area contributed by atoms with Crippen LogP contribution in [0.1, 0.15) is 29.8 Å². The predicted octanol–water partition coefficient (Wildman–Crippen LogP) is 1.18. The van der Waals surface area contributed by atoms with Gasteiger partial charge in [-0.2, -0.15) is 5.10 Å². The van der Waals surface area contributed by atoms with Crippen LogP contribution < -0.4 is 5.69 Å². The molecule has 21 heavy (non-hydrogen) atoms. The Hall–Kier alpha value is -1.89. The Morgan fingerprint density at radius 1 is 1.52 bits per heavy atom. The Morgan fingerprint density at radius 3 is 3.00 bits per heavy atom. The highest BCUT2D eigenvalue weighted by molar-refractivity contribution is 7.10. The van der Waals surface area contributed by atoms with Gasteiger partial charge in [0.2, 0.25) is 5.91 Å². The minimum absolute atomic E-state index is 0.00957. The summed E-state index contributed by atoms with van der Waals surface area (Å²) in [6.07, 6.45) is 3.21. The third-order valence-corrected chi connectivity index (χ3v) is 4.97. The summed E-state index contributed by atoms with van der Waals surface area (Å²) < 4.78 is 2.59. The number of amides is 1. The monoisotopic (exact) mass is 306 g/mol. The zero-order chi connectivity index (χ0) is 15.0. The number of nitrogens with zero attached hydrogens (tertiary/aromatic N) is 4. The smallest absolute Gasteiger partial charge is 0.334 e. The van der Waals surface area contributed by atoms with Crippen LogP contribution in [-0.2, 0) is 24.8 Å². The number of aromatic nitrogens is 3. The Kier molecular flexibility index (Phi) is 3.67. The van der Waals surface area contributed by atoms with Gasteiger partial charge in [0.25, 0.3) is 0 Å². The van der Waals surface area contributed by atoms with Crippen molar-refractivity contribution < 1.29 is 4.79 Å². The first-order valence-corrected chi connectivity index (χ1v) is 7.94. The second-order valence-corrected chi connectivity index (χ2v) is 6.24. The fraction of sp³-hybridized carbons (Fsp3) is 0.500. The maximum absolute atomic E-state index is 12.6. The molecule has 0 unspecified atom stereocenters. The summed E-state index contributed by atoms with van der Waals surface area (Å²) in [5.74, 6) is -0.0421. The van der Waals surface area contributed by atoms with Gasteiger partial charge in [-0.3, -0.25) is 9.36 Å². The van der Waals surface area contributed by atoms with Gasteiger partial charge >= 0.3 is 5.69 Å². The number of carbonyl (C=O) groups excluding carboxylic acids is 1. The summed E-state index contributed by atoms with van der Waals surface area (Å²) in [7, 11) is 1.63. The first kappa shape index (κ1) is 14.1. The number of hydrogen-bond donors (Lipinski definition) is 0. The number of hydrogen-bond acceptors (Lipinski definition) is 4. The van der Waals surface area contributed by atoms with Crippen molar-refractivity contribution in [2.24, 2.45) is 7.05 Å². The number of aryl methyl sites for hydroxylation is 1. The molecule has 3 heterocycles. The van der Waals surface area contributed by atoms with Crippen LogP contribution in [0.4, 0.5) is 0 Å². The van der Waals surface area contributed by atoms with E-state index in [4.69, 9.17) is 0 Å². The van der Waals surface area contributed by atoms with E-state index in [1.807, 2.05) is 4.90 Å². The quantitative estimate of drug-likeness (QED) is 0.855. The van der Waals surface area contributed by atoms with Crippen molar-refractivity contribution in [3.05, 3.63) is 38.7 Å². The third kappa shape index (κ3) is 2.42. The molecule has 0 fully saturated rings. The summed E-state index contributed by atoms with van der Waals surface area (Å²) in [5.41, 5.74) is 1.00. The van der Waals surface area contributed by atoms with E-state index in [9.17, 15) is 9.59 Å². The molecule has 0 saturated heterocycles. The number of fused-ring (bicyclic) bond motifs is 1. The number of thiophene rings is 1. The second kappa shape index (κ2) is 5.48. The standard InChI is InChI=1S/C14H18N4O2S/c1-3-11-10-5-7-21-12(10)4-6-17(11)13(19)8-18-14(20)16(2)9-15-18/h5,7,9,11H,3-4,6,8H2,1-2H3/t11-/m0/s1. The molecule has 6 nitrogen and oxygen atoms in total. The van der Waals surface area contributed by atoms with Crippen LogP contribution in [0, 0.1) is 0 Å². The fourth-order valence-corrected chi connectivity index (χ4v) is 3.81. The van der Waals surface area contributed by atoms with Crippen LogP contribution in [0.5, 0.6) is 0 Å². The largest absolute Gasteiger partial charge is 0.345 e. The number of carbonyl (C=O) groups is 1. The van der Waals surface area contributed by atoms with Gasteiger partial charge in [0, 0.05) is 18.5 Å². The van der Waals surface area contributed by atoms with Crippen molar-refractivity contribution in [3.8, 4) is 0 Å². The number of rotatable bonds is 3. The molecular formula is C14H18N4O2S. The van der Waals surface area contributed by atoms with Crippen molar-refractivity contribution >= 4 is 17.2 Å². The van der Waals surface area contributed by atoms with Crippen LogP contribution in [-0.4, -0.2) is 31.7 Å². The molecule has 0 aromatic carbocycles. The molecule has 112 valence electrons. The summed E-state index contributed by atoms with van der Waals surface area (Å²) in [6.45, 7) is 2.81. The normalized spacial score (nSPS) is 17.8. The van der Waals surface area contributed by atoms with Crippen molar-refractivity contribution in [3.63, 3.8) is 0 Å². The molecule has 0 radical (unpaired) electrons. The molecule has 0 N–H and O–H groups in total. The molecule has 1 atom stereocenters. The molecule has 7 heteroatoms. The van der Waals surface area contributed by atoms with E-state index >= 15 is 0 Å². The SMILES string of the molecule is CC[C@H]1c2ccsc2CCN1C(=O)Cn1ncn(C)c1=O. The molecule has 1 aliphatic heterocycles. The van der Waals surface area contributed by atoms with Crippen LogP contribution in [0.15, 0.2) is 22.6 Å². The lowest BCUT2D eigenvalue weighted by atomic mass is 9.98. The van der Waals surface area contributed by atoms with Crippen molar-refractivity contribution in [2.75, 3.05) is 6.54 Å². The summed E-state index contributed by atoms with van der Waals surface area (Å²) in [4.78, 5) is 27.6. The van der Waals surface area contributed by atoms with Gasteiger partial charge in [-0.25, -0.2) is 9.48 Å². The van der Waals surface area contributed by atoms with E-state index in [1.165, 1.54) is 26.0 Å². The van der Waals surface area contributed by atoms with E-state index in [1.54, 1.807) is 18.4 Å². The van der Waals surface area contributed by atoms with Gasteiger partial charge < -0.3 is 4.90 Å². The van der Waals surface area contributed by atoms with Gasteiger partial charge in [-0.05, 0) is 29.9 Å². The molecule has 2 aromatic heterocycles. The van der Waals surface area contributed by atoms with Gasteiger partial charge in [-0.15, -0.1) is 11.3 Å². The fourth-order valence-electron chi connectivity index (χ4n) is 2.88. The van der Waals surface area contributed by atoms with Gasteiger partial charge in [0.15, 0.2) is 0 Å². The lowest BCUT2D eigenvalue weighted by molar-refractivity contribution is -0.135. The Labute approximate surface area is 126 Å². The molecule has 1 aliphatic rings. The average molecular weight is 306 g/mol. The Balaban J connectivity index is 1.82. The van der Waals surface area contributed by atoms with Crippen LogP contribution >= 0.6 is 11.3 Å². The lowest BCUT2D eigenvalue weighted by Crippen LogP contribution is -2.42. The lowest BCUT2D eigenvalue weighted by Gasteiger charge is -2.35. The van der Waals surface area contributed by atoms with Crippen LogP contribution in [0.25, 0.3) is 0 Å². The van der Waals surface area contributed by atoms with E-state index in [0.717, 1.165) is 12.8 Å². The van der Waals surface area contributed by atoms with Crippen molar-refractivity contribution in [1.82, 2.24) is 19.2 Å². The topological polar surface area (TPSA) is 60.1 Å². The van der Waals surface area contributed by atoms with Crippen molar-refractivity contribution in [1.29, 1.82) is 0 Å². The molecule has 0 spiro atoms.